The Balaban J connectivity index is 2.04. The molecule has 1 fully saturated rings. The minimum Gasteiger partial charge on any atom is -0.361 e. The molecule has 6 nitrogen and oxygen atoms in total. The zero-order valence-corrected chi connectivity index (χ0v) is 8.32. The van der Waals surface area contributed by atoms with Crippen molar-refractivity contribution < 1.29 is 14.1 Å². The van der Waals surface area contributed by atoms with E-state index in [1.54, 1.807) is 13.0 Å². The van der Waals surface area contributed by atoms with Gasteiger partial charge >= 0.3 is 0 Å². The molecule has 1 saturated heterocycles. The quantitative estimate of drug-likeness (QED) is 0.708. The molecule has 80 valence electrons. The van der Waals surface area contributed by atoms with Crippen LogP contribution >= 0.6 is 0 Å². The van der Waals surface area contributed by atoms with Crippen LogP contribution in [-0.2, 0) is 16.1 Å². The number of nitrogens with one attached hydrogen (secondary N) is 1. The highest BCUT2D eigenvalue weighted by Gasteiger charge is 2.23. The van der Waals surface area contributed by atoms with E-state index < -0.39 is 0 Å². The second-order valence-corrected chi connectivity index (χ2v) is 3.46. The molecule has 0 aromatic carbocycles. The molecule has 0 bridgehead atoms. The van der Waals surface area contributed by atoms with Crippen molar-refractivity contribution >= 4 is 11.8 Å². The van der Waals surface area contributed by atoms with E-state index >= 15 is 0 Å². The van der Waals surface area contributed by atoms with Gasteiger partial charge in [-0.25, -0.2) is 0 Å². The standard InChI is InChI=1S/C9H11N3O3/c1-6-2-7(11-15-6)4-12-5-8(13)10-3-9(12)14/h2H,3-5H2,1H3,(H,10,13). The lowest BCUT2D eigenvalue weighted by molar-refractivity contribution is -0.141. The number of hydrogen-bond donors (Lipinski definition) is 1. The van der Waals surface area contributed by atoms with Gasteiger partial charge in [0, 0.05) is 6.07 Å². The van der Waals surface area contributed by atoms with Crippen LogP contribution in [0.1, 0.15) is 11.5 Å². The highest BCUT2D eigenvalue weighted by atomic mass is 16.5. The monoisotopic (exact) mass is 209 g/mol. The molecule has 1 aromatic heterocycles. The Morgan fingerprint density at radius 3 is 3.07 bits per heavy atom. The lowest BCUT2D eigenvalue weighted by atomic mass is 10.3. The molecule has 0 spiro atoms. The number of nitrogens with zero attached hydrogens (tertiary/aromatic N) is 2. The fourth-order valence-corrected chi connectivity index (χ4v) is 1.44. The van der Waals surface area contributed by atoms with Crippen molar-refractivity contribution in [1.82, 2.24) is 15.4 Å². The van der Waals surface area contributed by atoms with Crippen molar-refractivity contribution in [2.45, 2.75) is 13.5 Å². The summed E-state index contributed by atoms with van der Waals surface area (Å²) in [5, 5.41) is 6.25. The maximum absolute atomic E-state index is 11.4. The normalized spacial score (nSPS) is 16.7. The largest absolute Gasteiger partial charge is 0.361 e. The zero-order valence-electron chi connectivity index (χ0n) is 8.32. The lowest BCUT2D eigenvalue weighted by Crippen LogP contribution is -2.51. The second-order valence-electron chi connectivity index (χ2n) is 3.46. The average Bonchev–Trinajstić information content (AvgIpc) is 2.58. The molecule has 1 aliphatic heterocycles. The number of piperazine rings is 1. The van der Waals surface area contributed by atoms with Gasteiger partial charge in [0.2, 0.25) is 11.8 Å². The van der Waals surface area contributed by atoms with Gasteiger partial charge in [-0.15, -0.1) is 0 Å². The maximum atomic E-state index is 11.4. The van der Waals surface area contributed by atoms with Gasteiger partial charge in [-0.05, 0) is 6.92 Å². The topological polar surface area (TPSA) is 75.4 Å². The van der Waals surface area contributed by atoms with E-state index in [2.05, 4.69) is 10.5 Å². The van der Waals surface area contributed by atoms with E-state index in [1.807, 2.05) is 0 Å². The summed E-state index contributed by atoms with van der Waals surface area (Å²) in [5.74, 6) is 0.448. The number of aryl methyl sites for hydroxylation is 1. The van der Waals surface area contributed by atoms with Crippen LogP contribution in [0.4, 0.5) is 0 Å². The minimum atomic E-state index is -0.144. The van der Waals surface area contributed by atoms with Gasteiger partial charge in [0.1, 0.15) is 11.5 Å². The van der Waals surface area contributed by atoms with E-state index in [0.29, 0.717) is 18.0 Å². The predicted octanol–water partition coefficient (Wildman–Crippen LogP) is -0.559. The van der Waals surface area contributed by atoms with Crippen molar-refractivity contribution in [3.05, 3.63) is 17.5 Å². The van der Waals surface area contributed by atoms with Crippen LogP contribution in [0.3, 0.4) is 0 Å². The summed E-state index contributed by atoms with van der Waals surface area (Å²) >= 11 is 0. The molecule has 15 heavy (non-hydrogen) atoms. The zero-order chi connectivity index (χ0) is 10.8. The first-order valence-electron chi connectivity index (χ1n) is 4.62. The highest BCUT2D eigenvalue weighted by Crippen LogP contribution is 2.07. The van der Waals surface area contributed by atoms with Gasteiger partial charge < -0.3 is 14.7 Å². The van der Waals surface area contributed by atoms with E-state index in [9.17, 15) is 9.59 Å². The van der Waals surface area contributed by atoms with Crippen LogP contribution in [0.2, 0.25) is 0 Å². The van der Waals surface area contributed by atoms with Crippen LogP contribution in [-0.4, -0.2) is 35.0 Å². The first kappa shape index (κ1) is 9.70. The Morgan fingerprint density at radius 2 is 2.40 bits per heavy atom. The molecule has 0 unspecified atom stereocenters. The molecule has 1 N–H and O–H groups in total. The Morgan fingerprint density at radius 1 is 1.60 bits per heavy atom. The van der Waals surface area contributed by atoms with Crippen molar-refractivity contribution in [3.63, 3.8) is 0 Å². The number of carbonyl (C=O) groups excluding carboxylic acids is 2. The third-order valence-electron chi connectivity index (χ3n) is 2.15. The second kappa shape index (κ2) is 3.72. The van der Waals surface area contributed by atoms with Crippen LogP contribution in [0.5, 0.6) is 0 Å². The van der Waals surface area contributed by atoms with E-state index in [4.69, 9.17) is 4.52 Å². The van der Waals surface area contributed by atoms with Gasteiger partial charge in [-0.3, -0.25) is 9.59 Å². The average molecular weight is 209 g/mol. The molecule has 0 saturated carbocycles. The van der Waals surface area contributed by atoms with Crippen LogP contribution in [0, 0.1) is 6.92 Å². The lowest BCUT2D eigenvalue weighted by Gasteiger charge is -2.25. The van der Waals surface area contributed by atoms with Gasteiger partial charge in [-0.1, -0.05) is 5.16 Å². The number of hydrogen-bond acceptors (Lipinski definition) is 4. The number of carbonyl (C=O) groups is 2. The summed E-state index contributed by atoms with van der Waals surface area (Å²) in [4.78, 5) is 23.9. The van der Waals surface area contributed by atoms with Crippen LogP contribution < -0.4 is 5.32 Å². The molecule has 1 aromatic rings. The molecule has 0 radical (unpaired) electrons. The third-order valence-corrected chi connectivity index (χ3v) is 2.15. The first-order valence-corrected chi connectivity index (χ1v) is 4.62. The van der Waals surface area contributed by atoms with Gasteiger partial charge in [0.25, 0.3) is 0 Å². The van der Waals surface area contributed by atoms with Crippen molar-refractivity contribution in [1.29, 1.82) is 0 Å². The van der Waals surface area contributed by atoms with Crippen LogP contribution in [0.15, 0.2) is 10.6 Å². The molecule has 1 aliphatic rings. The fraction of sp³-hybridized carbons (Fsp3) is 0.444. The number of rotatable bonds is 2. The summed E-state index contributed by atoms with van der Waals surface area (Å²) in [5.41, 5.74) is 0.663. The molecule has 2 heterocycles. The summed E-state index contributed by atoms with van der Waals surface area (Å²) in [7, 11) is 0. The summed E-state index contributed by atoms with van der Waals surface area (Å²) in [6.07, 6.45) is 0. The third kappa shape index (κ3) is 2.15. The maximum Gasteiger partial charge on any atom is 0.242 e. The molecular formula is C9H11N3O3. The van der Waals surface area contributed by atoms with Crippen molar-refractivity contribution in [2.24, 2.45) is 0 Å². The summed E-state index contributed by atoms with van der Waals surface area (Å²) in [6.45, 7) is 2.26. The Bertz CT molecular complexity index is 399. The Kier molecular flexibility index (Phi) is 2.40. The molecule has 2 rings (SSSR count). The van der Waals surface area contributed by atoms with Gasteiger partial charge in [0.15, 0.2) is 0 Å². The molecule has 0 aliphatic carbocycles. The summed E-state index contributed by atoms with van der Waals surface area (Å²) < 4.78 is 4.88. The smallest absolute Gasteiger partial charge is 0.242 e. The Labute approximate surface area is 86.2 Å². The molecule has 6 heteroatoms. The fourth-order valence-electron chi connectivity index (χ4n) is 1.44. The predicted molar refractivity (Wildman–Crippen MR) is 49.7 cm³/mol. The minimum absolute atomic E-state index is 0.0651. The molecule has 0 atom stereocenters. The van der Waals surface area contributed by atoms with E-state index in [1.165, 1.54) is 4.90 Å². The molecule has 2 amide bonds. The molecular weight excluding hydrogens is 198 g/mol. The van der Waals surface area contributed by atoms with Crippen molar-refractivity contribution in [2.75, 3.05) is 13.1 Å². The van der Waals surface area contributed by atoms with E-state index in [0.717, 1.165) is 0 Å². The first-order chi connectivity index (χ1) is 7.15. The number of amides is 2. The van der Waals surface area contributed by atoms with E-state index in [-0.39, 0.29) is 24.9 Å². The van der Waals surface area contributed by atoms with Gasteiger partial charge in [-0.2, -0.15) is 0 Å². The SMILES string of the molecule is Cc1cc(CN2CC(=O)NCC2=O)no1. The Hall–Kier alpha value is -1.85. The number of aromatic nitrogens is 1. The van der Waals surface area contributed by atoms with Gasteiger partial charge in [0.05, 0.1) is 19.6 Å². The highest BCUT2D eigenvalue weighted by molar-refractivity contribution is 5.92. The summed E-state index contributed by atoms with van der Waals surface area (Å²) in [6, 6.07) is 1.75. The van der Waals surface area contributed by atoms with Crippen molar-refractivity contribution in [3.8, 4) is 0 Å². The van der Waals surface area contributed by atoms with Crippen LogP contribution in [0.25, 0.3) is 0 Å².